The average Bonchev–Trinajstić information content (AvgIpc) is 2.72. The summed E-state index contributed by atoms with van der Waals surface area (Å²) in [5.41, 5.74) is 3.63. The van der Waals surface area contributed by atoms with Crippen LogP contribution in [0.1, 0.15) is 32.7 Å². The smallest absolute Gasteiger partial charge is 0.258 e. The number of amides is 2. The topological polar surface area (TPSA) is 49.4 Å². The van der Waals surface area contributed by atoms with Crippen LogP contribution in [0.3, 0.4) is 0 Å². The van der Waals surface area contributed by atoms with E-state index in [-0.39, 0.29) is 11.8 Å². The van der Waals surface area contributed by atoms with E-state index in [1.165, 1.54) is 0 Å². The van der Waals surface area contributed by atoms with E-state index >= 15 is 0 Å². The van der Waals surface area contributed by atoms with E-state index in [2.05, 4.69) is 5.32 Å². The number of fused-ring (bicyclic) bond motifs is 1. The van der Waals surface area contributed by atoms with Gasteiger partial charge in [0.15, 0.2) is 0 Å². The molecule has 0 saturated heterocycles. The molecule has 1 N–H and O–H groups in total. The Morgan fingerprint density at radius 3 is 2.31 bits per heavy atom. The lowest BCUT2D eigenvalue weighted by Gasteiger charge is -2.30. The SMILES string of the molecule is O=C(Nc1ccc2c(c1)CCCN2C(=O)c1ccccc1)c1cc(Cl)cc(Cl)c1. The second-order valence-electron chi connectivity index (χ2n) is 6.88. The normalized spacial score (nSPS) is 13.0. The van der Waals surface area contributed by atoms with Crippen LogP contribution in [-0.4, -0.2) is 18.4 Å². The van der Waals surface area contributed by atoms with Crippen LogP contribution >= 0.6 is 23.2 Å². The van der Waals surface area contributed by atoms with E-state index < -0.39 is 0 Å². The van der Waals surface area contributed by atoms with Gasteiger partial charge in [0.1, 0.15) is 0 Å². The van der Waals surface area contributed by atoms with Crippen LogP contribution in [0.4, 0.5) is 11.4 Å². The van der Waals surface area contributed by atoms with Gasteiger partial charge < -0.3 is 10.2 Å². The van der Waals surface area contributed by atoms with Gasteiger partial charge in [0, 0.05) is 39.1 Å². The number of rotatable bonds is 3. The molecule has 0 aliphatic carbocycles. The Balaban J connectivity index is 1.57. The lowest BCUT2D eigenvalue weighted by molar-refractivity contribution is 0.0983. The number of carbonyl (C=O) groups is 2. The van der Waals surface area contributed by atoms with E-state index in [0.29, 0.717) is 33.4 Å². The summed E-state index contributed by atoms with van der Waals surface area (Å²) >= 11 is 12.0. The molecule has 0 atom stereocenters. The Labute approximate surface area is 179 Å². The monoisotopic (exact) mass is 424 g/mol. The predicted octanol–water partition coefficient (Wildman–Crippen LogP) is 5.84. The van der Waals surface area contributed by atoms with Gasteiger partial charge in [0.25, 0.3) is 11.8 Å². The summed E-state index contributed by atoms with van der Waals surface area (Å²) in [5, 5.41) is 3.69. The maximum Gasteiger partial charge on any atom is 0.258 e. The third-order valence-corrected chi connectivity index (χ3v) is 5.28. The van der Waals surface area contributed by atoms with E-state index in [9.17, 15) is 9.59 Å². The predicted molar refractivity (Wildman–Crippen MR) is 117 cm³/mol. The molecule has 29 heavy (non-hydrogen) atoms. The summed E-state index contributed by atoms with van der Waals surface area (Å²) in [6, 6.07) is 19.6. The van der Waals surface area contributed by atoms with Gasteiger partial charge in [-0.2, -0.15) is 0 Å². The van der Waals surface area contributed by atoms with Crippen molar-refractivity contribution in [1.82, 2.24) is 0 Å². The number of nitrogens with one attached hydrogen (secondary N) is 1. The summed E-state index contributed by atoms with van der Waals surface area (Å²) in [6.07, 6.45) is 1.72. The lowest BCUT2D eigenvalue weighted by atomic mass is 10.00. The Morgan fingerprint density at radius 2 is 1.59 bits per heavy atom. The number of aryl methyl sites for hydroxylation is 1. The highest BCUT2D eigenvalue weighted by molar-refractivity contribution is 6.35. The van der Waals surface area contributed by atoms with E-state index in [4.69, 9.17) is 23.2 Å². The second-order valence-corrected chi connectivity index (χ2v) is 7.75. The van der Waals surface area contributed by atoms with E-state index in [0.717, 1.165) is 24.1 Å². The molecule has 0 radical (unpaired) electrons. The average molecular weight is 425 g/mol. The van der Waals surface area contributed by atoms with Crippen molar-refractivity contribution < 1.29 is 9.59 Å². The van der Waals surface area contributed by atoms with Gasteiger partial charge in [-0.3, -0.25) is 9.59 Å². The fourth-order valence-electron chi connectivity index (χ4n) is 3.51. The molecule has 0 fully saturated rings. The Kier molecular flexibility index (Phi) is 5.56. The minimum Gasteiger partial charge on any atom is -0.322 e. The highest BCUT2D eigenvalue weighted by Crippen LogP contribution is 2.31. The highest BCUT2D eigenvalue weighted by Gasteiger charge is 2.24. The van der Waals surface area contributed by atoms with Crippen molar-refractivity contribution in [3.05, 3.63) is 93.5 Å². The largest absolute Gasteiger partial charge is 0.322 e. The van der Waals surface area contributed by atoms with Crippen LogP contribution in [-0.2, 0) is 6.42 Å². The van der Waals surface area contributed by atoms with E-state index in [1.807, 2.05) is 42.5 Å². The first-order valence-corrected chi connectivity index (χ1v) is 10.0. The van der Waals surface area contributed by atoms with Crippen molar-refractivity contribution in [3.63, 3.8) is 0 Å². The Hall–Kier alpha value is -2.82. The molecule has 0 spiro atoms. The van der Waals surface area contributed by atoms with Crippen molar-refractivity contribution in [2.75, 3.05) is 16.8 Å². The molecule has 146 valence electrons. The quantitative estimate of drug-likeness (QED) is 0.573. The zero-order valence-corrected chi connectivity index (χ0v) is 17.0. The maximum atomic E-state index is 12.9. The molecule has 1 heterocycles. The van der Waals surface area contributed by atoms with E-state index in [1.54, 1.807) is 29.2 Å². The number of nitrogens with zero attached hydrogens (tertiary/aromatic N) is 1. The lowest BCUT2D eigenvalue weighted by Crippen LogP contribution is -2.35. The first-order valence-electron chi connectivity index (χ1n) is 9.28. The van der Waals surface area contributed by atoms with Crippen molar-refractivity contribution >= 4 is 46.4 Å². The Morgan fingerprint density at radius 1 is 0.862 bits per heavy atom. The van der Waals surface area contributed by atoms with Crippen molar-refractivity contribution in [1.29, 1.82) is 0 Å². The fourth-order valence-corrected chi connectivity index (χ4v) is 4.04. The summed E-state index contributed by atoms with van der Waals surface area (Å²) in [5.74, 6) is -0.306. The molecule has 6 heteroatoms. The molecule has 3 aromatic rings. The minimum absolute atomic E-state index is 0.0168. The van der Waals surface area contributed by atoms with Gasteiger partial charge in [0.2, 0.25) is 0 Å². The number of hydrogen-bond acceptors (Lipinski definition) is 2. The summed E-state index contributed by atoms with van der Waals surface area (Å²) < 4.78 is 0. The zero-order chi connectivity index (χ0) is 20.4. The van der Waals surface area contributed by atoms with Gasteiger partial charge in [-0.05, 0) is 66.9 Å². The van der Waals surface area contributed by atoms with Crippen LogP contribution in [0.2, 0.25) is 10.0 Å². The maximum absolute atomic E-state index is 12.9. The summed E-state index contributed by atoms with van der Waals surface area (Å²) in [7, 11) is 0. The number of hydrogen-bond donors (Lipinski definition) is 1. The fraction of sp³-hybridized carbons (Fsp3) is 0.130. The molecule has 4 nitrogen and oxygen atoms in total. The molecule has 1 aliphatic heterocycles. The molecule has 1 aliphatic rings. The van der Waals surface area contributed by atoms with Gasteiger partial charge in [-0.25, -0.2) is 0 Å². The Bertz CT molecular complexity index is 1060. The standard InChI is InChI=1S/C23H18Cl2N2O2/c24-18-11-17(12-19(25)14-18)22(28)26-20-8-9-21-16(13-20)7-4-10-27(21)23(29)15-5-2-1-3-6-15/h1-3,5-6,8-9,11-14H,4,7,10H2,(H,26,28). The van der Waals surface area contributed by atoms with Crippen molar-refractivity contribution in [2.45, 2.75) is 12.8 Å². The minimum atomic E-state index is -0.289. The molecule has 0 saturated carbocycles. The first-order chi connectivity index (χ1) is 14.0. The number of halogens is 2. The van der Waals surface area contributed by atoms with Gasteiger partial charge in [0.05, 0.1) is 0 Å². The van der Waals surface area contributed by atoms with Gasteiger partial charge in [-0.15, -0.1) is 0 Å². The molecule has 0 aromatic heterocycles. The zero-order valence-electron chi connectivity index (χ0n) is 15.5. The molecular formula is C23H18Cl2N2O2. The van der Waals surface area contributed by atoms with Crippen molar-refractivity contribution in [3.8, 4) is 0 Å². The van der Waals surface area contributed by atoms with Crippen LogP contribution in [0.5, 0.6) is 0 Å². The van der Waals surface area contributed by atoms with Crippen LogP contribution in [0, 0.1) is 0 Å². The van der Waals surface area contributed by atoms with Crippen molar-refractivity contribution in [2.24, 2.45) is 0 Å². The molecule has 3 aromatic carbocycles. The van der Waals surface area contributed by atoms with Crippen LogP contribution in [0.25, 0.3) is 0 Å². The summed E-state index contributed by atoms with van der Waals surface area (Å²) in [4.78, 5) is 27.3. The first kappa shape index (κ1) is 19.5. The number of benzene rings is 3. The molecule has 4 rings (SSSR count). The van der Waals surface area contributed by atoms with Crippen LogP contribution < -0.4 is 10.2 Å². The number of anilines is 2. The van der Waals surface area contributed by atoms with Gasteiger partial charge >= 0.3 is 0 Å². The second kappa shape index (κ2) is 8.27. The molecule has 0 unspecified atom stereocenters. The highest BCUT2D eigenvalue weighted by atomic mass is 35.5. The molecule has 2 amide bonds. The third kappa shape index (κ3) is 4.29. The van der Waals surface area contributed by atoms with Crippen LogP contribution in [0.15, 0.2) is 66.7 Å². The molecular weight excluding hydrogens is 407 g/mol. The number of carbonyl (C=O) groups excluding carboxylic acids is 2. The van der Waals surface area contributed by atoms with Gasteiger partial charge in [-0.1, -0.05) is 41.4 Å². The third-order valence-electron chi connectivity index (χ3n) is 4.85. The summed E-state index contributed by atoms with van der Waals surface area (Å²) in [6.45, 7) is 0.674. The molecule has 0 bridgehead atoms.